The van der Waals surface area contributed by atoms with Gasteiger partial charge in [-0.05, 0) is 42.0 Å². The van der Waals surface area contributed by atoms with Gasteiger partial charge in [-0.2, -0.15) is 0 Å². The maximum absolute atomic E-state index is 6.33. The lowest BCUT2D eigenvalue weighted by Gasteiger charge is -2.38. The van der Waals surface area contributed by atoms with Crippen LogP contribution in [0.3, 0.4) is 0 Å². The van der Waals surface area contributed by atoms with Crippen molar-refractivity contribution in [3.63, 3.8) is 0 Å². The second-order valence-corrected chi connectivity index (χ2v) is 5.03. The summed E-state index contributed by atoms with van der Waals surface area (Å²) in [6.45, 7) is 0. The van der Waals surface area contributed by atoms with Gasteiger partial charge < -0.3 is 5.73 Å². The predicted molar refractivity (Wildman–Crippen MR) is 68.4 cm³/mol. The minimum atomic E-state index is 0.0735. The highest BCUT2D eigenvalue weighted by atomic mass is 14.8. The second kappa shape index (κ2) is 3.60. The molecule has 0 heterocycles. The third-order valence-electron chi connectivity index (χ3n) is 3.77. The molecular weight excluding hydrogens is 194 g/mol. The molecule has 0 aliphatic heterocycles. The van der Waals surface area contributed by atoms with Crippen molar-refractivity contribution in [2.75, 3.05) is 0 Å². The molecule has 2 N–H and O–H groups in total. The van der Waals surface area contributed by atoms with Crippen LogP contribution in [0, 0.1) is 0 Å². The first kappa shape index (κ1) is 9.86. The van der Waals surface area contributed by atoms with Crippen LogP contribution in [0.25, 0.3) is 10.8 Å². The molecule has 0 saturated heterocycles. The summed E-state index contributed by atoms with van der Waals surface area (Å²) in [6.07, 6.45) is 4.67. The zero-order valence-corrected chi connectivity index (χ0v) is 9.45. The molecule has 3 rings (SSSR count). The van der Waals surface area contributed by atoms with Crippen LogP contribution in [0.1, 0.15) is 24.8 Å². The quantitative estimate of drug-likeness (QED) is 0.810. The van der Waals surface area contributed by atoms with Gasteiger partial charge in [0.15, 0.2) is 0 Å². The van der Waals surface area contributed by atoms with Gasteiger partial charge in [-0.1, -0.05) is 42.5 Å². The summed E-state index contributed by atoms with van der Waals surface area (Å²) < 4.78 is 0. The molecule has 1 fully saturated rings. The Labute approximate surface area is 96.3 Å². The Morgan fingerprint density at radius 1 is 1.00 bits per heavy atom. The zero-order chi connectivity index (χ0) is 11.0. The number of nitrogens with two attached hydrogens (primary N) is 1. The van der Waals surface area contributed by atoms with Crippen LogP contribution in [-0.2, 0) is 6.42 Å². The van der Waals surface area contributed by atoms with E-state index in [1.54, 1.807) is 0 Å². The van der Waals surface area contributed by atoms with Crippen LogP contribution < -0.4 is 5.73 Å². The van der Waals surface area contributed by atoms with E-state index >= 15 is 0 Å². The van der Waals surface area contributed by atoms with E-state index in [2.05, 4.69) is 42.5 Å². The summed E-state index contributed by atoms with van der Waals surface area (Å²) in [6, 6.07) is 15.1. The van der Waals surface area contributed by atoms with Crippen LogP contribution in [-0.4, -0.2) is 5.54 Å². The monoisotopic (exact) mass is 211 g/mol. The summed E-state index contributed by atoms with van der Waals surface area (Å²) in [5.41, 5.74) is 7.80. The molecular formula is C15H17N. The summed E-state index contributed by atoms with van der Waals surface area (Å²) in [5, 5.41) is 2.68. The first-order valence-corrected chi connectivity index (χ1v) is 6.02. The van der Waals surface area contributed by atoms with E-state index in [0.717, 1.165) is 6.42 Å². The topological polar surface area (TPSA) is 26.0 Å². The third-order valence-corrected chi connectivity index (χ3v) is 3.77. The zero-order valence-electron chi connectivity index (χ0n) is 9.45. The Balaban J connectivity index is 2.03. The van der Waals surface area contributed by atoms with Crippen LogP contribution >= 0.6 is 0 Å². The third kappa shape index (κ3) is 1.61. The fourth-order valence-corrected chi connectivity index (χ4v) is 2.63. The van der Waals surface area contributed by atoms with Gasteiger partial charge in [0.1, 0.15) is 0 Å². The molecule has 2 aromatic rings. The molecule has 1 heteroatoms. The number of hydrogen-bond acceptors (Lipinski definition) is 1. The van der Waals surface area contributed by atoms with Crippen molar-refractivity contribution in [2.24, 2.45) is 5.73 Å². The standard InChI is InChI=1S/C15H17N/c16-15(9-4-10-15)11-13-7-3-6-12-5-1-2-8-14(12)13/h1-3,5-8H,4,9-11,16H2. The Hall–Kier alpha value is -1.34. The lowest BCUT2D eigenvalue weighted by atomic mass is 9.73. The van der Waals surface area contributed by atoms with Gasteiger partial charge in [-0.15, -0.1) is 0 Å². The summed E-state index contributed by atoms with van der Waals surface area (Å²) in [5.74, 6) is 0. The van der Waals surface area contributed by atoms with E-state index in [4.69, 9.17) is 5.73 Å². The molecule has 2 aromatic carbocycles. The first-order chi connectivity index (χ1) is 7.77. The number of fused-ring (bicyclic) bond motifs is 1. The first-order valence-electron chi connectivity index (χ1n) is 6.02. The Morgan fingerprint density at radius 2 is 1.75 bits per heavy atom. The average molecular weight is 211 g/mol. The highest BCUT2D eigenvalue weighted by molar-refractivity contribution is 5.85. The van der Waals surface area contributed by atoms with E-state index in [9.17, 15) is 0 Å². The van der Waals surface area contributed by atoms with Crippen molar-refractivity contribution < 1.29 is 0 Å². The SMILES string of the molecule is NC1(Cc2cccc3ccccc23)CCC1. The number of hydrogen-bond donors (Lipinski definition) is 1. The van der Waals surface area contributed by atoms with Crippen molar-refractivity contribution in [2.45, 2.75) is 31.2 Å². The molecule has 1 aliphatic carbocycles. The molecule has 1 aliphatic rings. The molecule has 16 heavy (non-hydrogen) atoms. The molecule has 0 amide bonds. The normalized spacial score (nSPS) is 18.3. The van der Waals surface area contributed by atoms with Crippen LogP contribution in [0.4, 0.5) is 0 Å². The lowest BCUT2D eigenvalue weighted by molar-refractivity contribution is 0.248. The molecule has 0 atom stereocenters. The largest absolute Gasteiger partial charge is 0.325 e. The van der Waals surface area contributed by atoms with Crippen LogP contribution in [0.15, 0.2) is 42.5 Å². The van der Waals surface area contributed by atoms with Gasteiger partial charge in [0.05, 0.1) is 0 Å². The van der Waals surface area contributed by atoms with Gasteiger partial charge in [0, 0.05) is 5.54 Å². The van der Waals surface area contributed by atoms with Gasteiger partial charge >= 0.3 is 0 Å². The van der Waals surface area contributed by atoms with Crippen molar-refractivity contribution in [1.29, 1.82) is 0 Å². The van der Waals surface area contributed by atoms with Crippen molar-refractivity contribution in [3.05, 3.63) is 48.0 Å². The summed E-state index contributed by atoms with van der Waals surface area (Å²) in [4.78, 5) is 0. The maximum Gasteiger partial charge on any atom is 0.0195 e. The van der Waals surface area contributed by atoms with E-state index in [1.807, 2.05) is 0 Å². The van der Waals surface area contributed by atoms with Gasteiger partial charge in [0.25, 0.3) is 0 Å². The minimum absolute atomic E-state index is 0.0735. The van der Waals surface area contributed by atoms with Gasteiger partial charge in [-0.25, -0.2) is 0 Å². The molecule has 0 unspecified atom stereocenters. The van der Waals surface area contributed by atoms with Crippen molar-refractivity contribution in [3.8, 4) is 0 Å². The predicted octanol–water partition coefficient (Wildman–Crippen LogP) is 3.26. The molecule has 1 saturated carbocycles. The highest BCUT2D eigenvalue weighted by Gasteiger charge is 2.32. The number of benzene rings is 2. The Bertz CT molecular complexity index is 506. The maximum atomic E-state index is 6.33. The van der Waals surface area contributed by atoms with Gasteiger partial charge in [0.2, 0.25) is 0 Å². The van der Waals surface area contributed by atoms with E-state index in [1.165, 1.54) is 35.6 Å². The molecule has 0 radical (unpaired) electrons. The molecule has 0 aromatic heterocycles. The summed E-state index contributed by atoms with van der Waals surface area (Å²) in [7, 11) is 0. The minimum Gasteiger partial charge on any atom is -0.325 e. The molecule has 1 nitrogen and oxygen atoms in total. The fourth-order valence-electron chi connectivity index (χ4n) is 2.63. The Kier molecular flexibility index (Phi) is 2.22. The Morgan fingerprint density at radius 3 is 2.50 bits per heavy atom. The molecule has 82 valence electrons. The fraction of sp³-hybridized carbons (Fsp3) is 0.333. The van der Waals surface area contributed by atoms with E-state index in [0.29, 0.717) is 0 Å². The van der Waals surface area contributed by atoms with E-state index in [-0.39, 0.29) is 5.54 Å². The van der Waals surface area contributed by atoms with Crippen LogP contribution in [0.5, 0.6) is 0 Å². The highest BCUT2D eigenvalue weighted by Crippen LogP contribution is 2.34. The van der Waals surface area contributed by atoms with Gasteiger partial charge in [-0.3, -0.25) is 0 Å². The van der Waals surface area contributed by atoms with Crippen molar-refractivity contribution in [1.82, 2.24) is 0 Å². The lowest BCUT2D eigenvalue weighted by Crippen LogP contribution is -2.48. The second-order valence-electron chi connectivity index (χ2n) is 5.03. The molecule has 0 bridgehead atoms. The average Bonchev–Trinajstić information content (AvgIpc) is 2.27. The summed E-state index contributed by atoms with van der Waals surface area (Å²) >= 11 is 0. The van der Waals surface area contributed by atoms with Crippen LogP contribution in [0.2, 0.25) is 0 Å². The van der Waals surface area contributed by atoms with E-state index < -0.39 is 0 Å². The number of rotatable bonds is 2. The van der Waals surface area contributed by atoms with Crippen molar-refractivity contribution >= 4 is 10.8 Å². The molecule has 0 spiro atoms. The smallest absolute Gasteiger partial charge is 0.0195 e.